The third-order valence-corrected chi connectivity index (χ3v) is 5.73. The summed E-state index contributed by atoms with van der Waals surface area (Å²) in [5.41, 5.74) is 0.557. The molecule has 1 aromatic carbocycles. The molecule has 0 spiro atoms. The zero-order valence-corrected chi connectivity index (χ0v) is 15.1. The maximum Gasteiger partial charge on any atom is 0.323 e. The molecule has 2 heterocycles. The third kappa shape index (κ3) is 4.35. The number of likely N-dealkylation sites (tertiary alicyclic amines) is 1. The number of carbonyl (C=O) groups is 1. The van der Waals surface area contributed by atoms with E-state index in [1.807, 2.05) is 0 Å². The Bertz CT molecular complexity index is 779. The SMILES string of the molecule is CC(F)(Sc1ccc(C#N)cc1)C1CCN(C(=O)Nc2ccon2)CC1. The van der Waals surface area contributed by atoms with Crippen molar-refractivity contribution in [1.29, 1.82) is 5.26 Å². The summed E-state index contributed by atoms with van der Waals surface area (Å²) in [5.74, 6) is 0.211. The number of rotatable bonds is 4. The highest BCUT2D eigenvalue weighted by atomic mass is 32.2. The smallest absolute Gasteiger partial charge is 0.323 e. The number of nitriles is 1. The van der Waals surface area contributed by atoms with Gasteiger partial charge < -0.3 is 9.42 Å². The highest BCUT2D eigenvalue weighted by Gasteiger charge is 2.38. The maximum atomic E-state index is 15.2. The molecule has 1 atom stereocenters. The molecule has 1 saturated heterocycles. The topological polar surface area (TPSA) is 82.2 Å². The van der Waals surface area contributed by atoms with Gasteiger partial charge in [0.05, 0.1) is 11.6 Å². The molecule has 2 amide bonds. The van der Waals surface area contributed by atoms with Crippen LogP contribution in [0.1, 0.15) is 25.3 Å². The normalized spacial score (nSPS) is 17.3. The molecule has 1 aliphatic heterocycles. The van der Waals surface area contributed by atoms with Crippen LogP contribution in [0, 0.1) is 17.2 Å². The zero-order valence-electron chi connectivity index (χ0n) is 14.3. The van der Waals surface area contributed by atoms with Crippen molar-refractivity contribution in [3.63, 3.8) is 0 Å². The van der Waals surface area contributed by atoms with Crippen LogP contribution in [0.25, 0.3) is 0 Å². The molecule has 1 unspecified atom stereocenters. The molecule has 0 saturated carbocycles. The van der Waals surface area contributed by atoms with Crippen LogP contribution in [0.15, 0.2) is 46.0 Å². The minimum atomic E-state index is -1.44. The first-order valence-corrected chi connectivity index (χ1v) is 9.14. The number of piperidine rings is 1. The van der Waals surface area contributed by atoms with Gasteiger partial charge in [-0.3, -0.25) is 5.32 Å². The third-order valence-electron chi connectivity index (χ3n) is 4.49. The number of anilines is 1. The molecule has 26 heavy (non-hydrogen) atoms. The van der Waals surface area contributed by atoms with Gasteiger partial charge >= 0.3 is 6.03 Å². The van der Waals surface area contributed by atoms with Crippen LogP contribution >= 0.6 is 11.8 Å². The summed E-state index contributed by atoms with van der Waals surface area (Å²) in [7, 11) is 0. The van der Waals surface area contributed by atoms with Crippen LogP contribution < -0.4 is 5.32 Å². The minimum Gasteiger partial charge on any atom is -0.363 e. The number of carbonyl (C=O) groups excluding carboxylic acids is 1. The number of amides is 2. The van der Waals surface area contributed by atoms with Crippen LogP contribution in [0.4, 0.5) is 15.0 Å². The number of thioether (sulfide) groups is 1. The van der Waals surface area contributed by atoms with E-state index < -0.39 is 5.00 Å². The molecule has 0 bridgehead atoms. The first-order chi connectivity index (χ1) is 12.5. The van der Waals surface area contributed by atoms with Crippen LogP contribution in [-0.2, 0) is 0 Å². The van der Waals surface area contributed by atoms with Crippen LogP contribution in [0.3, 0.4) is 0 Å². The Balaban J connectivity index is 1.54. The summed E-state index contributed by atoms with van der Waals surface area (Å²) in [5, 5.41) is 13.7. The lowest BCUT2D eigenvalue weighted by Crippen LogP contribution is -2.44. The predicted molar refractivity (Wildman–Crippen MR) is 96.3 cm³/mol. The van der Waals surface area contributed by atoms with E-state index in [1.54, 1.807) is 42.2 Å². The molecule has 0 radical (unpaired) electrons. The van der Waals surface area contributed by atoms with Crippen LogP contribution in [0.5, 0.6) is 0 Å². The molecule has 2 aromatic rings. The second-order valence-corrected chi connectivity index (χ2v) is 7.77. The lowest BCUT2D eigenvalue weighted by Gasteiger charge is -2.37. The van der Waals surface area contributed by atoms with Crippen molar-refractivity contribution in [1.82, 2.24) is 10.1 Å². The quantitative estimate of drug-likeness (QED) is 0.808. The van der Waals surface area contributed by atoms with Gasteiger partial charge in [0.25, 0.3) is 0 Å². The summed E-state index contributed by atoms with van der Waals surface area (Å²) in [6.07, 6.45) is 2.56. The van der Waals surface area contributed by atoms with Gasteiger partial charge in [-0.05, 0) is 44.0 Å². The Labute approximate surface area is 155 Å². The molecule has 8 heteroatoms. The van der Waals surface area contributed by atoms with Crippen molar-refractivity contribution in [2.75, 3.05) is 18.4 Å². The van der Waals surface area contributed by atoms with E-state index in [1.165, 1.54) is 18.0 Å². The number of halogens is 1. The number of benzene rings is 1. The number of urea groups is 1. The van der Waals surface area contributed by atoms with Crippen molar-refractivity contribution in [3.05, 3.63) is 42.2 Å². The Morgan fingerprint density at radius 3 is 2.65 bits per heavy atom. The van der Waals surface area contributed by atoms with E-state index >= 15 is 4.39 Å². The van der Waals surface area contributed by atoms with Crippen molar-refractivity contribution in [2.45, 2.75) is 29.7 Å². The molecular weight excluding hydrogens is 355 g/mol. The van der Waals surface area contributed by atoms with E-state index in [4.69, 9.17) is 5.26 Å². The minimum absolute atomic E-state index is 0.153. The maximum absolute atomic E-state index is 15.2. The lowest BCUT2D eigenvalue weighted by molar-refractivity contribution is 0.124. The van der Waals surface area contributed by atoms with Gasteiger partial charge in [-0.15, -0.1) is 0 Å². The standard InChI is InChI=1S/C18H19FN4O2S/c1-18(19,26-15-4-2-13(12-20)3-5-15)14-6-9-23(10-7-14)17(24)21-16-8-11-25-22-16/h2-5,8,11,14H,6-7,9-10H2,1H3,(H,21,22,24). The largest absolute Gasteiger partial charge is 0.363 e. The molecular formula is C18H19FN4O2S. The number of nitrogens with zero attached hydrogens (tertiary/aromatic N) is 3. The highest BCUT2D eigenvalue weighted by Crippen LogP contribution is 2.44. The Morgan fingerprint density at radius 1 is 1.38 bits per heavy atom. The van der Waals surface area contributed by atoms with Crippen molar-refractivity contribution in [3.8, 4) is 6.07 Å². The zero-order chi connectivity index (χ0) is 18.6. The molecule has 6 nitrogen and oxygen atoms in total. The molecule has 1 aliphatic rings. The number of nitrogens with one attached hydrogen (secondary N) is 1. The van der Waals surface area contributed by atoms with Gasteiger partial charge in [0.15, 0.2) is 10.8 Å². The molecule has 1 fully saturated rings. The number of aromatic nitrogens is 1. The first-order valence-electron chi connectivity index (χ1n) is 8.32. The van der Waals surface area contributed by atoms with Gasteiger partial charge in [0, 0.05) is 30.0 Å². The second-order valence-electron chi connectivity index (χ2n) is 6.30. The second kappa shape index (κ2) is 7.79. The Morgan fingerprint density at radius 2 is 2.08 bits per heavy atom. The molecule has 1 aromatic heterocycles. The predicted octanol–water partition coefficient (Wildman–Crippen LogP) is 4.27. The summed E-state index contributed by atoms with van der Waals surface area (Å²) < 4.78 is 19.9. The summed E-state index contributed by atoms with van der Waals surface area (Å²) >= 11 is 1.17. The first kappa shape index (κ1) is 18.3. The van der Waals surface area contributed by atoms with Crippen molar-refractivity contribution in [2.24, 2.45) is 5.92 Å². The van der Waals surface area contributed by atoms with E-state index in [2.05, 4.69) is 21.1 Å². The molecule has 0 aliphatic carbocycles. The van der Waals surface area contributed by atoms with Crippen LogP contribution in [-0.4, -0.2) is 34.2 Å². The monoisotopic (exact) mass is 374 g/mol. The van der Waals surface area contributed by atoms with Gasteiger partial charge in [-0.25, -0.2) is 9.18 Å². The van der Waals surface area contributed by atoms with Gasteiger partial charge in [-0.1, -0.05) is 16.9 Å². The highest BCUT2D eigenvalue weighted by molar-refractivity contribution is 8.00. The lowest BCUT2D eigenvalue weighted by atomic mass is 9.92. The fraction of sp³-hybridized carbons (Fsp3) is 0.389. The Kier molecular flexibility index (Phi) is 5.47. The van der Waals surface area contributed by atoms with Crippen LogP contribution in [0.2, 0.25) is 0 Å². The Hall–Kier alpha value is -2.53. The summed E-state index contributed by atoms with van der Waals surface area (Å²) in [4.78, 5) is 14.6. The fourth-order valence-electron chi connectivity index (χ4n) is 2.98. The van der Waals surface area contributed by atoms with Gasteiger partial charge in [-0.2, -0.15) is 5.26 Å². The summed E-state index contributed by atoms with van der Waals surface area (Å²) in [6.45, 7) is 2.56. The fourth-order valence-corrected chi connectivity index (χ4v) is 4.11. The molecule has 3 rings (SSSR count). The van der Waals surface area contributed by atoms with E-state index in [-0.39, 0.29) is 11.9 Å². The number of alkyl halides is 1. The average Bonchev–Trinajstić information content (AvgIpc) is 3.15. The van der Waals surface area contributed by atoms with Gasteiger partial charge in [0.1, 0.15) is 6.26 Å². The van der Waals surface area contributed by atoms with Crippen molar-refractivity contribution >= 4 is 23.6 Å². The van der Waals surface area contributed by atoms with Gasteiger partial charge in [0.2, 0.25) is 0 Å². The van der Waals surface area contributed by atoms with E-state index in [9.17, 15) is 4.79 Å². The number of hydrogen-bond acceptors (Lipinski definition) is 5. The van der Waals surface area contributed by atoms with E-state index in [0.717, 1.165) is 4.90 Å². The average molecular weight is 374 g/mol. The summed E-state index contributed by atoms with van der Waals surface area (Å²) in [6, 6.07) is 10.3. The number of hydrogen-bond donors (Lipinski definition) is 1. The van der Waals surface area contributed by atoms with E-state index in [0.29, 0.717) is 37.3 Å². The van der Waals surface area contributed by atoms with Crippen molar-refractivity contribution < 1.29 is 13.7 Å². The molecule has 136 valence electrons. The molecule has 1 N–H and O–H groups in total.